The van der Waals surface area contributed by atoms with Gasteiger partial charge in [-0.15, -0.1) is 0 Å². The van der Waals surface area contributed by atoms with Gasteiger partial charge in [-0.05, 0) is 24.5 Å². The van der Waals surface area contributed by atoms with Gasteiger partial charge in [-0.3, -0.25) is 9.63 Å². The van der Waals surface area contributed by atoms with Crippen molar-refractivity contribution in [2.75, 3.05) is 5.32 Å². The molecule has 1 aliphatic rings. The van der Waals surface area contributed by atoms with Crippen LogP contribution in [0.15, 0.2) is 24.3 Å². The zero-order valence-electron chi connectivity index (χ0n) is 10.7. The van der Waals surface area contributed by atoms with Gasteiger partial charge < -0.3 is 5.32 Å². The number of para-hydroxylation sites is 1. The lowest BCUT2D eigenvalue weighted by Crippen LogP contribution is -2.22. The van der Waals surface area contributed by atoms with Crippen molar-refractivity contribution in [3.05, 3.63) is 29.8 Å². The number of hydroxylamine groups is 1. The van der Waals surface area contributed by atoms with Crippen LogP contribution < -0.4 is 10.8 Å². The van der Waals surface area contributed by atoms with Crippen LogP contribution in [-0.4, -0.2) is 12.0 Å². The summed E-state index contributed by atoms with van der Waals surface area (Å²) in [7, 11) is 0. The van der Waals surface area contributed by atoms with Gasteiger partial charge in [0.05, 0.1) is 6.10 Å². The first kappa shape index (κ1) is 13.1. The lowest BCUT2D eigenvalue weighted by Gasteiger charge is -2.14. The molecule has 0 spiro atoms. The van der Waals surface area contributed by atoms with Gasteiger partial charge in [0, 0.05) is 19.2 Å². The molecular formula is C14H20N2O2. The summed E-state index contributed by atoms with van der Waals surface area (Å²) in [6.07, 6.45) is 5.14. The van der Waals surface area contributed by atoms with Crippen LogP contribution in [0.4, 0.5) is 5.69 Å². The zero-order chi connectivity index (χ0) is 12.8. The van der Waals surface area contributed by atoms with Crippen LogP contribution in [0.1, 0.15) is 38.2 Å². The maximum absolute atomic E-state index is 11.1. The van der Waals surface area contributed by atoms with E-state index < -0.39 is 0 Å². The Kier molecular flexibility index (Phi) is 4.73. The van der Waals surface area contributed by atoms with Crippen LogP contribution in [0.5, 0.6) is 0 Å². The monoisotopic (exact) mass is 248 g/mol. The van der Waals surface area contributed by atoms with Crippen LogP contribution >= 0.6 is 0 Å². The Morgan fingerprint density at radius 1 is 1.33 bits per heavy atom. The minimum Gasteiger partial charge on any atom is -0.326 e. The second kappa shape index (κ2) is 6.52. The van der Waals surface area contributed by atoms with Gasteiger partial charge in [0.15, 0.2) is 0 Å². The van der Waals surface area contributed by atoms with E-state index in [-0.39, 0.29) is 5.91 Å². The van der Waals surface area contributed by atoms with E-state index >= 15 is 0 Å². The van der Waals surface area contributed by atoms with Crippen LogP contribution in [0, 0.1) is 0 Å². The van der Waals surface area contributed by atoms with Crippen LogP contribution in [0.2, 0.25) is 0 Å². The van der Waals surface area contributed by atoms with Crippen LogP contribution in [-0.2, 0) is 16.2 Å². The van der Waals surface area contributed by atoms with Gasteiger partial charge in [-0.1, -0.05) is 31.0 Å². The molecule has 1 fully saturated rings. The number of amides is 1. The molecule has 0 unspecified atom stereocenters. The Bertz CT molecular complexity index is 401. The first-order valence-corrected chi connectivity index (χ1v) is 6.49. The molecule has 1 saturated carbocycles. The summed E-state index contributed by atoms with van der Waals surface area (Å²) < 4.78 is 0. The molecule has 0 aliphatic heterocycles. The van der Waals surface area contributed by atoms with E-state index in [1.807, 2.05) is 24.3 Å². The predicted octanol–water partition coefficient (Wildman–Crippen LogP) is 2.61. The summed E-state index contributed by atoms with van der Waals surface area (Å²) in [4.78, 5) is 16.7. The molecular weight excluding hydrogens is 228 g/mol. The van der Waals surface area contributed by atoms with Crippen molar-refractivity contribution < 1.29 is 9.63 Å². The van der Waals surface area contributed by atoms with Crippen molar-refractivity contribution in [1.29, 1.82) is 0 Å². The minimum absolute atomic E-state index is 0.0563. The number of rotatable bonds is 5. The van der Waals surface area contributed by atoms with Crippen molar-refractivity contribution in [2.45, 2.75) is 45.3 Å². The molecule has 2 N–H and O–H groups in total. The number of carbonyl (C=O) groups excluding carboxylic acids is 1. The number of nitrogens with one attached hydrogen (secondary N) is 2. The van der Waals surface area contributed by atoms with Gasteiger partial charge in [-0.25, -0.2) is 0 Å². The fourth-order valence-corrected chi connectivity index (χ4v) is 2.23. The lowest BCUT2D eigenvalue weighted by atomic mass is 10.2. The quantitative estimate of drug-likeness (QED) is 0.787. The molecule has 0 bridgehead atoms. The van der Waals surface area contributed by atoms with Crippen molar-refractivity contribution in [3.63, 3.8) is 0 Å². The molecule has 2 rings (SSSR count). The summed E-state index contributed by atoms with van der Waals surface area (Å²) in [5, 5.41) is 2.82. The lowest BCUT2D eigenvalue weighted by molar-refractivity contribution is -0.114. The molecule has 0 saturated heterocycles. The van der Waals surface area contributed by atoms with Gasteiger partial charge in [-0.2, -0.15) is 5.48 Å². The van der Waals surface area contributed by atoms with Gasteiger partial charge in [0.25, 0.3) is 0 Å². The molecule has 0 radical (unpaired) electrons. The highest BCUT2D eigenvalue weighted by molar-refractivity contribution is 5.89. The van der Waals surface area contributed by atoms with Gasteiger partial charge in [0.2, 0.25) is 5.91 Å². The van der Waals surface area contributed by atoms with Crippen molar-refractivity contribution >= 4 is 11.6 Å². The van der Waals surface area contributed by atoms with Gasteiger partial charge >= 0.3 is 0 Å². The number of hydrogen-bond acceptors (Lipinski definition) is 3. The number of anilines is 1. The van der Waals surface area contributed by atoms with Crippen LogP contribution in [0.3, 0.4) is 0 Å². The van der Waals surface area contributed by atoms with Gasteiger partial charge in [0.1, 0.15) is 0 Å². The highest BCUT2D eigenvalue weighted by Crippen LogP contribution is 2.20. The average Bonchev–Trinajstić information content (AvgIpc) is 2.84. The third kappa shape index (κ3) is 3.82. The van der Waals surface area contributed by atoms with Crippen molar-refractivity contribution in [3.8, 4) is 0 Å². The second-order valence-electron chi connectivity index (χ2n) is 4.68. The zero-order valence-corrected chi connectivity index (χ0v) is 10.7. The maximum Gasteiger partial charge on any atom is 0.221 e. The summed E-state index contributed by atoms with van der Waals surface area (Å²) in [5.74, 6) is -0.0563. The smallest absolute Gasteiger partial charge is 0.221 e. The van der Waals surface area contributed by atoms with E-state index in [9.17, 15) is 4.79 Å². The molecule has 1 aliphatic carbocycles. The molecule has 0 aromatic heterocycles. The molecule has 0 atom stereocenters. The highest BCUT2D eigenvalue weighted by Gasteiger charge is 2.15. The Hall–Kier alpha value is -1.39. The number of hydrogen-bond donors (Lipinski definition) is 2. The molecule has 98 valence electrons. The normalized spacial score (nSPS) is 15.8. The Morgan fingerprint density at radius 3 is 2.78 bits per heavy atom. The maximum atomic E-state index is 11.1. The Balaban J connectivity index is 1.85. The number of benzene rings is 1. The SMILES string of the molecule is CC(=O)Nc1ccccc1CNOC1CCCC1. The van der Waals surface area contributed by atoms with E-state index in [0.717, 1.165) is 24.1 Å². The third-order valence-electron chi connectivity index (χ3n) is 3.14. The number of carbonyl (C=O) groups is 1. The summed E-state index contributed by atoms with van der Waals surface area (Å²) >= 11 is 0. The molecule has 1 amide bonds. The predicted molar refractivity (Wildman–Crippen MR) is 70.9 cm³/mol. The molecule has 18 heavy (non-hydrogen) atoms. The van der Waals surface area contributed by atoms with Crippen molar-refractivity contribution in [2.24, 2.45) is 0 Å². The van der Waals surface area contributed by atoms with Crippen molar-refractivity contribution in [1.82, 2.24) is 5.48 Å². The highest BCUT2D eigenvalue weighted by atomic mass is 16.7. The average molecular weight is 248 g/mol. The summed E-state index contributed by atoms with van der Waals surface area (Å²) in [5.41, 5.74) is 4.88. The standard InChI is InChI=1S/C14H20N2O2/c1-11(17)16-14-9-5-2-6-12(14)10-15-18-13-7-3-4-8-13/h2,5-6,9,13,15H,3-4,7-8,10H2,1H3,(H,16,17). The first-order valence-electron chi connectivity index (χ1n) is 6.49. The topological polar surface area (TPSA) is 50.4 Å². The largest absolute Gasteiger partial charge is 0.326 e. The molecule has 4 nitrogen and oxygen atoms in total. The van der Waals surface area contributed by atoms with E-state index in [1.165, 1.54) is 19.8 Å². The Morgan fingerprint density at radius 2 is 2.06 bits per heavy atom. The first-order chi connectivity index (χ1) is 8.75. The van der Waals surface area contributed by atoms with E-state index in [0.29, 0.717) is 12.6 Å². The molecule has 1 aromatic carbocycles. The summed E-state index contributed by atoms with van der Waals surface area (Å²) in [6.45, 7) is 2.12. The van der Waals surface area contributed by atoms with Crippen LogP contribution in [0.25, 0.3) is 0 Å². The summed E-state index contributed by atoms with van der Waals surface area (Å²) in [6, 6.07) is 7.74. The third-order valence-corrected chi connectivity index (χ3v) is 3.14. The molecule has 4 heteroatoms. The second-order valence-corrected chi connectivity index (χ2v) is 4.68. The van der Waals surface area contributed by atoms with E-state index in [2.05, 4.69) is 10.8 Å². The fraction of sp³-hybridized carbons (Fsp3) is 0.500. The van der Waals surface area contributed by atoms with E-state index in [1.54, 1.807) is 0 Å². The van der Waals surface area contributed by atoms with E-state index in [4.69, 9.17) is 4.84 Å². The molecule has 0 heterocycles. The Labute approximate surface area is 108 Å². The minimum atomic E-state index is -0.0563. The fourth-order valence-electron chi connectivity index (χ4n) is 2.23. The molecule has 1 aromatic rings.